The van der Waals surface area contributed by atoms with Crippen molar-refractivity contribution < 1.29 is 35.5 Å². The van der Waals surface area contributed by atoms with Gasteiger partial charge in [-0.1, -0.05) is 0 Å². The molecule has 0 bridgehead atoms. The van der Waals surface area contributed by atoms with Crippen molar-refractivity contribution in [1.82, 2.24) is 0 Å². The minimum atomic E-state index is -5.57. The number of ether oxygens (including phenoxy) is 1. The van der Waals surface area contributed by atoms with Crippen LogP contribution in [0.25, 0.3) is 0 Å². The van der Waals surface area contributed by atoms with E-state index in [0.29, 0.717) is 0 Å². The molecule has 0 aromatic rings. The molecule has 0 aliphatic heterocycles. The maximum Gasteiger partial charge on any atom is 0.445 e. The third-order valence-electron chi connectivity index (χ3n) is 0.689. The molecule has 0 radical (unpaired) electrons. The Morgan fingerprint density at radius 1 is 1.08 bits per heavy atom. The lowest BCUT2D eigenvalue weighted by molar-refractivity contribution is -0.359. The molecule has 0 saturated heterocycles. The predicted octanol–water partition coefficient (Wildman–Crippen LogP) is 2.42. The van der Waals surface area contributed by atoms with E-state index in [1.807, 2.05) is 0 Å². The average molecular weight is 200 g/mol. The Labute approximate surface area is 62.1 Å². The molecule has 0 aromatic heterocycles. The third-order valence-corrected chi connectivity index (χ3v) is 0.689. The second-order valence-corrected chi connectivity index (χ2v) is 1.75. The fourth-order valence-corrected chi connectivity index (χ4v) is 0.250. The van der Waals surface area contributed by atoms with Crippen molar-refractivity contribution >= 4 is 0 Å². The van der Waals surface area contributed by atoms with Crippen LogP contribution in [-0.2, 0) is 4.74 Å². The first kappa shape index (κ1) is 11.5. The van der Waals surface area contributed by atoms with Crippen molar-refractivity contribution in [1.29, 1.82) is 0 Å². The summed E-state index contributed by atoms with van der Waals surface area (Å²) < 4.78 is 81.8. The molecule has 0 fully saturated rings. The van der Waals surface area contributed by atoms with Crippen LogP contribution >= 0.6 is 0 Å². The van der Waals surface area contributed by atoms with E-state index in [4.69, 9.17) is 0 Å². The molecule has 0 amide bonds. The van der Waals surface area contributed by atoms with Crippen molar-refractivity contribution in [3.05, 3.63) is 0 Å². The lowest BCUT2D eigenvalue weighted by Gasteiger charge is -2.18. The van der Waals surface area contributed by atoms with E-state index in [1.54, 1.807) is 0 Å². The highest BCUT2D eigenvalue weighted by Gasteiger charge is 2.48. The summed E-state index contributed by atoms with van der Waals surface area (Å²) in [6.07, 6.45) is -14.5. The Morgan fingerprint density at radius 2 is 1.50 bits per heavy atom. The summed E-state index contributed by atoms with van der Waals surface area (Å²) in [5, 5.41) is 0. The summed E-state index contributed by atoms with van der Waals surface area (Å²) in [5.74, 6) is 0. The first-order valence-electron chi connectivity index (χ1n) is 2.51. The molecule has 74 valence electrons. The molecular formula is C4H3F7O. The second-order valence-electron chi connectivity index (χ2n) is 1.75. The summed E-state index contributed by atoms with van der Waals surface area (Å²) in [6, 6.07) is 0. The Kier molecular flexibility index (Phi) is 3.31. The van der Waals surface area contributed by atoms with Gasteiger partial charge in [0.2, 0.25) is 0 Å². The molecule has 8 heteroatoms. The average Bonchev–Trinajstić information content (AvgIpc) is 1.85. The Bertz CT molecular complexity index is 141. The number of rotatable bonds is 3. The highest BCUT2D eigenvalue weighted by atomic mass is 19.4. The zero-order valence-electron chi connectivity index (χ0n) is 5.34. The number of hydrogen-bond donors (Lipinski definition) is 0. The zero-order valence-corrected chi connectivity index (χ0v) is 5.34. The molecule has 12 heavy (non-hydrogen) atoms. The van der Waals surface area contributed by atoms with Crippen LogP contribution in [0.5, 0.6) is 0 Å². The van der Waals surface area contributed by atoms with Gasteiger partial charge < -0.3 is 0 Å². The van der Waals surface area contributed by atoms with Crippen LogP contribution < -0.4 is 0 Å². The smallest absolute Gasteiger partial charge is 0.275 e. The molecule has 0 saturated carbocycles. The molecule has 0 aliphatic rings. The monoisotopic (exact) mass is 200 g/mol. The first-order valence-corrected chi connectivity index (χ1v) is 2.51. The summed E-state index contributed by atoms with van der Waals surface area (Å²) in [5.41, 5.74) is 0. The summed E-state index contributed by atoms with van der Waals surface area (Å²) in [7, 11) is 0. The van der Waals surface area contributed by atoms with Gasteiger partial charge in [-0.2, -0.15) is 22.0 Å². The van der Waals surface area contributed by atoms with Crippen LogP contribution in [0.3, 0.4) is 0 Å². The topological polar surface area (TPSA) is 9.23 Å². The van der Waals surface area contributed by atoms with Gasteiger partial charge in [0, 0.05) is 0 Å². The summed E-state index contributed by atoms with van der Waals surface area (Å²) in [6.45, 7) is -2.51. The van der Waals surface area contributed by atoms with Crippen molar-refractivity contribution in [2.45, 2.75) is 18.6 Å². The summed E-state index contributed by atoms with van der Waals surface area (Å²) >= 11 is 0. The normalized spacial score (nSPS) is 16.2. The van der Waals surface area contributed by atoms with Gasteiger partial charge >= 0.3 is 12.3 Å². The van der Waals surface area contributed by atoms with Gasteiger partial charge in [0.1, 0.15) is 0 Å². The van der Waals surface area contributed by atoms with Gasteiger partial charge in [-0.05, 0) is 0 Å². The van der Waals surface area contributed by atoms with Gasteiger partial charge in [-0.15, -0.1) is 0 Å². The molecule has 0 spiro atoms. The largest absolute Gasteiger partial charge is 0.445 e. The third kappa shape index (κ3) is 3.74. The summed E-state index contributed by atoms with van der Waals surface area (Å²) in [4.78, 5) is 0. The standard InChI is InChI=1S/C4H3F7O/c5-1-3(7,8)12-2(6)4(9,10)11/h2H,1H2. The van der Waals surface area contributed by atoms with Gasteiger partial charge in [-0.3, -0.25) is 4.74 Å². The van der Waals surface area contributed by atoms with Crippen molar-refractivity contribution in [2.24, 2.45) is 0 Å². The fraction of sp³-hybridized carbons (Fsp3) is 1.00. The predicted molar refractivity (Wildman–Crippen MR) is 23.0 cm³/mol. The van der Waals surface area contributed by atoms with E-state index < -0.39 is 25.3 Å². The van der Waals surface area contributed by atoms with Crippen LogP contribution in [0.4, 0.5) is 30.7 Å². The van der Waals surface area contributed by atoms with Crippen LogP contribution in [0.15, 0.2) is 0 Å². The van der Waals surface area contributed by atoms with Crippen molar-refractivity contribution in [3.63, 3.8) is 0 Å². The maximum atomic E-state index is 11.6. The van der Waals surface area contributed by atoms with Gasteiger partial charge in [0.25, 0.3) is 6.36 Å². The minimum Gasteiger partial charge on any atom is -0.275 e. The molecule has 0 heterocycles. The fourth-order valence-electron chi connectivity index (χ4n) is 0.250. The van der Waals surface area contributed by atoms with Crippen LogP contribution in [-0.4, -0.2) is 25.3 Å². The number of hydrogen-bond acceptors (Lipinski definition) is 1. The van der Waals surface area contributed by atoms with E-state index in [9.17, 15) is 30.7 Å². The highest BCUT2D eigenvalue weighted by Crippen LogP contribution is 2.29. The van der Waals surface area contributed by atoms with Crippen LogP contribution in [0.1, 0.15) is 0 Å². The second kappa shape index (κ2) is 3.46. The molecule has 1 atom stereocenters. The molecule has 0 N–H and O–H groups in total. The SMILES string of the molecule is FCC(F)(F)OC(F)C(F)(F)F. The van der Waals surface area contributed by atoms with Crippen LogP contribution in [0.2, 0.25) is 0 Å². The van der Waals surface area contributed by atoms with E-state index >= 15 is 0 Å². The molecule has 0 aliphatic carbocycles. The highest BCUT2D eigenvalue weighted by molar-refractivity contribution is 4.58. The van der Waals surface area contributed by atoms with Gasteiger partial charge in [0.15, 0.2) is 6.67 Å². The van der Waals surface area contributed by atoms with Crippen molar-refractivity contribution in [2.75, 3.05) is 6.67 Å². The quantitative estimate of drug-likeness (QED) is 0.635. The molecular weight excluding hydrogens is 197 g/mol. The first-order chi connectivity index (χ1) is 5.19. The number of alkyl halides is 7. The maximum absolute atomic E-state index is 11.6. The lowest BCUT2D eigenvalue weighted by atomic mass is 10.6. The van der Waals surface area contributed by atoms with E-state index in [1.165, 1.54) is 0 Å². The van der Waals surface area contributed by atoms with E-state index in [0.717, 1.165) is 0 Å². The van der Waals surface area contributed by atoms with Crippen LogP contribution in [0, 0.1) is 0 Å². The van der Waals surface area contributed by atoms with Crippen molar-refractivity contribution in [3.8, 4) is 0 Å². The Hall–Kier alpha value is -0.530. The minimum absolute atomic E-state index is 2.45. The van der Waals surface area contributed by atoms with Gasteiger partial charge in [-0.25, -0.2) is 8.78 Å². The lowest BCUT2D eigenvalue weighted by Crippen LogP contribution is -2.36. The molecule has 0 aromatic carbocycles. The van der Waals surface area contributed by atoms with E-state index in [2.05, 4.69) is 4.74 Å². The molecule has 0 rings (SSSR count). The zero-order chi connectivity index (χ0) is 9.99. The Balaban J connectivity index is 4.09. The van der Waals surface area contributed by atoms with Gasteiger partial charge in [0.05, 0.1) is 0 Å². The molecule has 1 unspecified atom stereocenters. The molecule has 1 nitrogen and oxygen atoms in total. The Morgan fingerprint density at radius 3 is 1.75 bits per heavy atom. The number of halogens is 7. The van der Waals surface area contributed by atoms with E-state index in [-0.39, 0.29) is 0 Å².